The zero-order valence-electron chi connectivity index (χ0n) is 12.8. The predicted octanol–water partition coefficient (Wildman–Crippen LogP) is 3.64. The first kappa shape index (κ1) is 16.0. The number of carbonyl (C=O) groups is 2. The summed E-state index contributed by atoms with van der Waals surface area (Å²) in [5.74, 6) is 0.455. The van der Waals surface area contributed by atoms with Crippen molar-refractivity contribution in [3.8, 4) is 5.75 Å². The molecule has 5 heteroatoms. The molecule has 0 atom stereocenters. The third-order valence-electron chi connectivity index (χ3n) is 2.40. The minimum absolute atomic E-state index is 0.455. The molecular weight excluding hydrogens is 258 g/mol. The van der Waals surface area contributed by atoms with Crippen molar-refractivity contribution >= 4 is 12.2 Å². The maximum atomic E-state index is 11.7. The Labute approximate surface area is 119 Å². The molecule has 0 unspecified atom stereocenters. The molecule has 0 spiro atoms. The lowest BCUT2D eigenvalue weighted by molar-refractivity contribution is 0.0533. The van der Waals surface area contributed by atoms with E-state index < -0.39 is 17.8 Å². The summed E-state index contributed by atoms with van der Waals surface area (Å²) >= 11 is 0. The second-order valence-electron chi connectivity index (χ2n) is 5.74. The molecule has 1 aromatic carbocycles. The molecule has 0 saturated carbocycles. The fourth-order valence-electron chi connectivity index (χ4n) is 1.83. The van der Waals surface area contributed by atoms with Gasteiger partial charge in [0.2, 0.25) is 0 Å². The number of hydrogen-bond donors (Lipinski definition) is 1. The van der Waals surface area contributed by atoms with E-state index in [-0.39, 0.29) is 0 Å². The van der Waals surface area contributed by atoms with Crippen molar-refractivity contribution in [1.82, 2.24) is 5.32 Å². The molecule has 0 aliphatic rings. The molecule has 0 bridgehead atoms. The molecule has 0 radical (unpaired) electrons. The van der Waals surface area contributed by atoms with Crippen molar-refractivity contribution in [2.24, 2.45) is 0 Å². The van der Waals surface area contributed by atoms with Gasteiger partial charge in [0.05, 0.1) is 0 Å². The molecule has 1 aromatic rings. The van der Waals surface area contributed by atoms with Gasteiger partial charge >= 0.3 is 12.2 Å². The van der Waals surface area contributed by atoms with Gasteiger partial charge in [-0.25, -0.2) is 14.9 Å². The summed E-state index contributed by atoms with van der Waals surface area (Å²) in [7, 11) is 0. The second kappa shape index (κ2) is 5.94. The standard InChI is InChI=1S/C15H21NO4/c1-9-7-10(2)12(11(3)8-9)19-13(17)16-14(18)20-15(4,5)6/h7-8H,1-6H3,(H,16,17,18). The molecular formula is C15H21NO4. The van der Waals surface area contributed by atoms with E-state index in [4.69, 9.17) is 9.47 Å². The lowest BCUT2D eigenvalue weighted by atomic mass is 10.1. The van der Waals surface area contributed by atoms with Crippen LogP contribution in [0.15, 0.2) is 12.1 Å². The number of rotatable bonds is 1. The van der Waals surface area contributed by atoms with Gasteiger partial charge in [-0.1, -0.05) is 17.7 Å². The predicted molar refractivity (Wildman–Crippen MR) is 76.0 cm³/mol. The first-order valence-corrected chi connectivity index (χ1v) is 6.38. The molecule has 0 saturated heterocycles. The second-order valence-corrected chi connectivity index (χ2v) is 5.74. The van der Waals surface area contributed by atoms with E-state index in [1.165, 1.54) is 0 Å². The van der Waals surface area contributed by atoms with E-state index >= 15 is 0 Å². The Balaban J connectivity index is 2.70. The van der Waals surface area contributed by atoms with Crippen LogP contribution < -0.4 is 10.1 Å². The van der Waals surface area contributed by atoms with Crippen molar-refractivity contribution in [1.29, 1.82) is 0 Å². The molecule has 1 N–H and O–H groups in total. The van der Waals surface area contributed by atoms with Crippen molar-refractivity contribution < 1.29 is 19.1 Å². The quantitative estimate of drug-likeness (QED) is 0.852. The molecule has 110 valence electrons. The number of alkyl carbamates (subject to hydrolysis) is 1. The van der Waals surface area contributed by atoms with Gasteiger partial charge in [0.25, 0.3) is 0 Å². The van der Waals surface area contributed by atoms with Gasteiger partial charge in [-0.3, -0.25) is 0 Å². The number of hydrogen-bond acceptors (Lipinski definition) is 4. The van der Waals surface area contributed by atoms with Gasteiger partial charge < -0.3 is 9.47 Å². The summed E-state index contributed by atoms with van der Waals surface area (Å²) in [5.41, 5.74) is 2.09. The van der Waals surface area contributed by atoms with Crippen molar-refractivity contribution in [3.63, 3.8) is 0 Å². The summed E-state index contributed by atoms with van der Waals surface area (Å²) in [6, 6.07) is 3.81. The van der Waals surface area contributed by atoms with Crippen LogP contribution in [0.2, 0.25) is 0 Å². The van der Waals surface area contributed by atoms with E-state index in [2.05, 4.69) is 0 Å². The zero-order chi connectivity index (χ0) is 15.5. The van der Waals surface area contributed by atoms with Crippen LogP contribution in [0.3, 0.4) is 0 Å². The normalized spacial score (nSPS) is 10.9. The first-order valence-electron chi connectivity index (χ1n) is 6.38. The van der Waals surface area contributed by atoms with E-state index in [1.807, 2.05) is 38.2 Å². The largest absolute Gasteiger partial charge is 0.443 e. The Morgan fingerprint density at radius 1 is 1.00 bits per heavy atom. The monoisotopic (exact) mass is 279 g/mol. The van der Waals surface area contributed by atoms with Crippen LogP contribution in [0.1, 0.15) is 37.5 Å². The third kappa shape index (κ3) is 4.91. The average molecular weight is 279 g/mol. The lowest BCUT2D eigenvalue weighted by Gasteiger charge is -2.19. The van der Waals surface area contributed by atoms with Crippen molar-refractivity contribution in [2.75, 3.05) is 0 Å². The summed E-state index contributed by atoms with van der Waals surface area (Å²) in [6.45, 7) is 10.8. The van der Waals surface area contributed by atoms with Crippen LogP contribution in [0.5, 0.6) is 5.75 Å². The van der Waals surface area contributed by atoms with Crippen LogP contribution in [0, 0.1) is 20.8 Å². The molecule has 2 amide bonds. The Morgan fingerprint density at radius 3 is 1.95 bits per heavy atom. The highest BCUT2D eigenvalue weighted by Crippen LogP contribution is 2.24. The maximum absolute atomic E-state index is 11.7. The topological polar surface area (TPSA) is 64.6 Å². The van der Waals surface area contributed by atoms with E-state index in [1.54, 1.807) is 20.8 Å². The lowest BCUT2D eigenvalue weighted by Crippen LogP contribution is -2.38. The SMILES string of the molecule is Cc1cc(C)c(OC(=O)NC(=O)OC(C)(C)C)c(C)c1. The highest BCUT2D eigenvalue weighted by Gasteiger charge is 2.19. The maximum Gasteiger partial charge on any atom is 0.422 e. The number of amides is 2. The molecule has 5 nitrogen and oxygen atoms in total. The Hall–Kier alpha value is -2.04. The number of ether oxygens (including phenoxy) is 2. The van der Waals surface area contributed by atoms with E-state index in [0.717, 1.165) is 16.7 Å². The van der Waals surface area contributed by atoms with Crippen LogP contribution in [0.25, 0.3) is 0 Å². The van der Waals surface area contributed by atoms with Crippen LogP contribution in [-0.4, -0.2) is 17.8 Å². The summed E-state index contributed by atoms with van der Waals surface area (Å²) in [6.07, 6.45) is -1.68. The van der Waals surface area contributed by atoms with Gasteiger partial charge in [0.15, 0.2) is 0 Å². The fraction of sp³-hybridized carbons (Fsp3) is 0.467. The molecule has 0 aliphatic heterocycles. The highest BCUT2D eigenvalue weighted by atomic mass is 16.6. The molecule has 0 aromatic heterocycles. The Bertz CT molecular complexity index is 506. The minimum atomic E-state index is -0.852. The van der Waals surface area contributed by atoms with Crippen LogP contribution in [0.4, 0.5) is 9.59 Å². The minimum Gasteiger partial charge on any atom is -0.443 e. The van der Waals surface area contributed by atoms with Crippen molar-refractivity contribution in [2.45, 2.75) is 47.1 Å². The Morgan fingerprint density at radius 2 is 1.50 bits per heavy atom. The molecule has 0 heterocycles. The number of aryl methyl sites for hydroxylation is 3. The number of benzene rings is 1. The molecule has 20 heavy (non-hydrogen) atoms. The van der Waals surface area contributed by atoms with E-state index in [9.17, 15) is 9.59 Å². The summed E-state index contributed by atoms with van der Waals surface area (Å²) in [5, 5.41) is 2.03. The van der Waals surface area contributed by atoms with E-state index in [0.29, 0.717) is 5.75 Å². The van der Waals surface area contributed by atoms with Gasteiger partial charge in [-0.05, 0) is 52.7 Å². The Kier molecular flexibility index (Phi) is 4.76. The number of carbonyl (C=O) groups excluding carboxylic acids is 2. The zero-order valence-corrected chi connectivity index (χ0v) is 12.8. The average Bonchev–Trinajstić information content (AvgIpc) is 2.20. The smallest absolute Gasteiger partial charge is 0.422 e. The molecule has 0 fully saturated rings. The molecule has 0 aliphatic carbocycles. The van der Waals surface area contributed by atoms with Gasteiger partial charge in [-0.2, -0.15) is 0 Å². The van der Waals surface area contributed by atoms with Crippen LogP contribution >= 0.6 is 0 Å². The van der Waals surface area contributed by atoms with Crippen LogP contribution in [-0.2, 0) is 4.74 Å². The molecule has 1 rings (SSSR count). The fourth-order valence-corrected chi connectivity index (χ4v) is 1.83. The van der Waals surface area contributed by atoms with Gasteiger partial charge in [0, 0.05) is 0 Å². The van der Waals surface area contributed by atoms with Gasteiger partial charge in [-0.15, -0.1) is 0 Å². The number of imide groups is 1. The first-order chi connectivity index (χ1) is 9.08. The third-order valence-corrected chi connectivity index (χ3v) is 2.40. The number of nitrogens with one attached hydrogen (secondary N) is 1. The van der Waals surface area contributed by atoms with Gasteiger partial charge in [0.1, 0.15) is 11.4 Å². The summed E-state index contributed by atoms with van der Waals surface area (Å²) in [4.78, 5) is 23.1. The highest BCUT2D eigenvalue weighted by molar-refractivity contribution is 5.88. The van der Waals surface area contributed by atoms with Crippen molar-refractivity contribution in [3.05, 3.63) is 28.8 Å². The summed E-state index contributed by atoms with van der Waals surface area (Å²) < 4.78 is 10.1.